The number of carbonyl (C=O) groups is 1. The molecule has 0 unspecified atom stereocenters. The van der Waals surface area contributed by atoms with E-state index in [0.717, 1.165) is 6.07 Å². The van der Waals surface area contributed by atoms with E-state index in [2.05, 4.69) is 0 Å². The second-order valence-corrected chi connectivity index (χ2v) is 5.76. The van der Waals surface area contributed by atoms with Crippen molar-refractivity contribution in [2.75, 3.05) is 20.1 Å². The highest BCUT2D eigenvalue weighted by Gasteiger charge is 2.32. The van der Waals surface area contributed by atoms with Crippen LogP contribution in [-0.4, -0.2) is 30.9 Å². The zero-order chi connectivity index (χ0) is 16.4. The predicted molar refractivity (Wildman–Crippen MR) is 71.2 cm³/mol. The van der Waals surface area contributed by atoms with Crippen molar-refractivity contribution in [1.29, 1.82) is 0 Å². The number of amides is 1. The molecular formula is C14H18F4N2O. The van der Waals surface area contributed by atoms with Gasteiger partial charge in [0.05, 0.1) is 5.56 Å². The van der Waals surface area contributed by atoms with Crippen LogP contribution in [0.25, 0.3) is 0 Å². The summed E-state index contributed by atoms with van der Waals surface area (Å²) in [5.74, 6) is -1.78. The van der Waals surface area contributed by atoms with Crippen LogP contribution in [0.4, 0.5) is 17.6 Å². The van der Waals surface area contributed by atoms with Crippen LogP contribution in [0.5, 0.6) is 0 Å². The molecule has 0 aliphatic rings. The van der Waals surface area contributed by atoms with Crippen molar-refractivity contribution in [3.05, 3.63) is 35.1 Å². The number of nitrogens with two attached hydrogens (primary N) is 1. The maximum Gasteiger partial charge on any atom is 0.416 e. The number of hydrogen-bond donors (Lipinski definition) is 1. The Labute approximate surface area is 120 Å². The number of benzene rings is 1. The minimum atomic E-state index is -4.70. The van der Waals surface area contributed by atoms with Crippen LogP contribution in [0.15, 0.2) is 18.2 Å². The van der Waals surface area contributed by atoms with Crippen molar-refractivity contribution in [2.45, 2.75) is 20.0 Å². The molecule has 0 saturated heterocycles. The molecule has 0 aliphatic carbocycles. The van der Waals surface area contributed by atoms with Crippen LogP contribution in [0.1, 0.15) is 29.8 Å². The van der Waals surface area contributed by atoms with Gasteiger partial charge in [-0.1, -0.05) is 13.8 Å². The van der Waals surface area contributed by atoms with Gasteiger partial charge in [-0.15, -0.1) is 0 Å². The highest BCUT2D eigenvalue weighted by atomic mass is 19.4. The highest BCUT2D eigenvalue weighted by molar-refractivity contribution is 5.94. The van der Waals surface area contributed by atoms with Crippen molar-refractivity contribution in [3.63, 3.8) is 0 Å². The summed E-state index contributed by atoms with van der Waals surface area (Å²) in [5.41, 5.74) is 3.65. The molecule has 1 rings (SSSR count). The van der Waals surface area contributed by atoms with Gasteiger partial charge in [-0.2, -0.15) is 13.2 Å². The van der Waals surface area contributed by atoms with Gasteiger partial charge in [0.25, 0.3) is 5.91 Å². The molecule has 7 heteroatoms. The van der Waals surface area contributed by atoms with Crippen LogP contribution in [-0.2, 0) is 6.18 Å². The van der Waals surface area contributed by atoms with Gasteiger partial charge in [0.2, 0.25) is 0 Å². The summed E-state index contributed by atoms with van der Waals surface area (Å²) in [6, 6.07) is 1.81. The first-order chi connectivity index (χ1) is 9.46. The average Bonchev–Trinajstić information content (AvgIpc) is 2.35. The van der Waals surface area contributed by atoms with Gasteiger partial charge in [0.15, 0.2) is 0 Å². The molecule has 3 nitrogen and oxygen atoms in total. The first-order valence-corrected chi connectivity index (χ1v) is 6.29. The molecule has 1 aromatic rings. The molecule has 0 bridgehead atoms. The first-order valence-electron chi connectivity index (χ1n) is 6.29. The van der Waals surface area contributed by atoms with Crippen molar-refractivity contribution < 1.29 is 22.4 Å². The highest BCUT2D eigenvalue weighted by Crippen LogP contribution is 2.30. The maximum absolute atomic E-state index is 13.3. The topological polar surface area (TPSA) is 46.3 Å². The van der Waals surface area contributed by atoms with E-state index in [9.17, 15) is 22.4 Å². The first kappa shape index (κ1) is 17.4. The molecule has 0 spiro atoms. The summed E-state index contributed by atoms with van der Waals surface area (Å²) in [4.78, 5) is 13.4. The van der Waals surface area contributed by atoms with Gasteiger partial charge in [-0.25, -0.2) is 4.39 Å². The van der Waals surface area contributed by atoms with E-state index in [0.29, 0.717) is 18.7 Å². The number of hydrogen-bond acceptors (Lipinski definition) is 2. The summed E-state index contributed by atoms with van der Waals surface area (Å²) in [7, 11) is 1.44. The third-order valence-corrected chi connectivity index (χ3v) is 3.04. The van der Waals surface area contributed by atoms with Crippen LogP contribution < -0.4 is 5.73 Å². The Balaban J connectivity index is 3.05. The Morgan fingerprint density at radius 3 is 2.29 bits per heavy atom. The van der Waals surface area contributed by atoms with Crippen molar-refractivity contribution >= 4 is 5.91 Å². The van der Waals surface area contributed by atoms with Crippen LogP contribution in [0.3, 0.4) is 0 Å². The van der Waals surface area contributed by atoms with Gasteiger partial charge >= 0.3 is 6.18 Å². The van der Waals surface area contributed by atoms with Crippen molar-refractivity contribution in [3.8, 4) is 0 Å². The predicted octanol–water partition coefficient (Wildman–Crippen LogP) is 2.90. The number of rotatable bonds is 4. The van der Waals surface area contributed by atoms with E-state index in [1.807, 2.05) is 13.8 Å². The lowest BCUT2D eigenvalue weighted by Gasteiger charge is -2.29. The molecule has 0 fully saturated rings. The second kappa shape index (κ2) is 6.01. The summed E-state index contributed by atoms with van der Waals surface area (Å²) >= 11 is 0. The fourth-order valence-corrected chi connectivity index (χ4v) is 1.88. The summed E-state index contributed by atoms with van der Waals surface area (Å²) in [6.07, 6.45) is -4.70. The fourth-order valence-electron chi connectivity index (χ4n) is 1.88. The van der Waals surface area contributed by atoms with E-state index in [-0.39, 0.29) is 17.5 Å². The molecule has 0 heterocycles. The quantitative estimate of drug-likeness (QED) is 0.869. The molecule has 0 aromatic heterocycles. The van der Waals surface area contributed by atoms with Crippen LogP contribution in [0, 0.1) is 11.2 Å². The van der Waals surface area contributed by atoms with Gasteiger partial charge in [-0.05, 0) is 30.2 Å². The van der Waals surface area contributed by atoms with Gasteiger partial charge in [-0.3, -0.25) is 4.79 Å². The van der Waals surface area contributed by atoms with Crippen molar-refractivity contribution in [1.82, 2.24) is 4.90 Å². The number of alkyl halides is 3. The third-order valence-electron chi connectivity index (χ3n) is 3.04. The molecule has 0 aliphatic heterocycles. The monoisotopic (exact) mass is 306 g/mol. The molecule has 118 valence electrons. The molecule has 1 amide bonds. The number of nitrogens with zero attached hydrogens (tertiary/aromatic N) is 1. The molecule has 0 radical (unpaired) electrons. The zero-order valence-electron chi connectivity index (χ0n) is 12.1. The minimum Gasteiger partial charge on any atom is -0.341 e. The lowest BCUT2D eigenvalue weighted by Crippen LogP contribution is -2.39. The van der Waals surface area contributed by atoms with E-state index in [1.54, 1.807) is 0 Å². The van der Waals surface area contributed by atoms with E-state index in [4.69, 9.17) is 5.73 Å². The summed E-state index contributed by atoms with van der Waals surface area (Å²) in [6.45, 7) is 4.20. The fraction of sp³-hybridized carbons (Fsp3) is 0.500. The Morgan fingerprint density at radius 2 is 1.81 bits per heavy atom. The smallest absolute Gasteiger partial charge is 0.341 e. The SMILES string of the molecule is CN(CC(C)(C)CN)C(=O)c1cc(F)cc(C(F)(F)F)c1. The van der Waals surface area contributed by atoms with Crippen LogP contribution in [0.2, 0.25) is 0 Å². The number of halogens is 4. The van der Waals surface area contributed by atoms with Crippen LogP contribution >= 0.6 is 0 Å². The zero-order valence-corrected chi connectivity index (χ0v) is 12.1. The normalized spacial score (nSPS) is 12.4. The van der Waals surface area contributed by atoms with Gasteiger partial charge in [0.1, 0.15) is 5.82 Å². The Morgan fingerprint density at radius 1 is 1.24 bits per heavy atom. The second-order valence-electron chi connectivity index (χ2n) is 5.76. The van der Waals surface area contributed by atoms with Crippen molar-refractivity contribution in [2.24, 2.45) is 11.1 Å². The Bertz CT molecular complexity index is 526. The lowest BCUT2D eigenvalue weighted by atomic mass is 9.93. The lowest BCUT2D eigenvalue weighted by molar-refractivity contribution is -0.137. The van der Waals surface area contributed by atoms with Gasteiger partial charge in [0, 0.05) is 19.2 Å². The summed E-state index contributed by atoms with van der Waals surface area (Å²) < 4.78 is 51.2. The largest absolute Gasteiger partial charge is 0.416 e. The molecular weight excluding hydrogens is 288 g/mol. The molecule has 2 N–H and O–H groups in total. The third kappa shape index (κ3) is 4.70. The number of carbonyl (C=O) groups excluding carboxylic acids is 1. The average molecular weight is 306 g/mol. The van der Waals surface area contributed by atoms with Gasteiger partial charge < -0.3 is 10.6 Å². The molecule has 0 atom stereocenters. The molecule has 21 heavy (non-hydrogen) atoms. The van der Waals surface area contributed by atoms with E-state index in [1.165, 1.54) is 11.9 Å². The van der Waals surface area contributed by atoms with E-state index < -0.39 is 23.5 Å². The minimum absolute atomic E-state index is 0.250. The Hall–Kier alpha value is -1.63. The maximum atomic E-state index is 13.3. The van der Waals surface area contributed by atoms with E-state index >= 15 is 0 Å². The molecule has 1 aromatic carbocycles. The summed E-state index contributed by atoms with van der Waals surface area (Å²) in [5, 5.41) is 0. The molecule has 0 saturated carbocycles. The Kier molecular flexibility index (Phi) is 4.99. The standard InChI is InChI=1S/C14H18F4N2O/c1-13(2,7-19)8-20(3)12(21)9-4-10(14(16,17)18)6-11(15)5-9/h4-6H,7-8,19H2,1-3H3.